The van der Waals surface area contributed by atoms with Crippen molar-refractivity contribution in [2.75, 3.05) is 11.9 Å². The van der Waals surface area contributed by atoms with E-state index in [-0.39, 0.29) is 12.0 Å². The molecule has 112 valence electrons. The summed E-state index contributed by atoms with van der Waals surface area (Å²) in [6.45, 7) is 3.92. The summed E-state index contributed by atoms with van der Waals surface area (Å²) in [7, 11) is 0. The van der Waals surface area contributed by atoms with Gasteiger partial charge in [-0.05, 0) is 23.6 Å². The number of carbonyl (C=O) groups excluding carboxylic acids is 1. The molecule has 1 N–H and O–H groups in total. The minimum Gasteiger partial charge on any atom is -0.351 e. The maximum absolute atomic E-state index is 13.5. The average Bonchev–Trinajstić information content (AvgIpc) is 2.35. The van der Waals surface area contributed by atoms with Gasteiger partial charge in [0.05, 0.1) is 11.1 Å². The van der Waals surface area contributed by atoms with Gasteiger partial charge in [0.2, 0.25) is 0 Å². The number of nitrogens with one attached hydrogen (secondary N) is 1. The lowest BCUT2D eigenvalue weighted by Gasteiger charge is -2.22. The Labute approximate surface area is 122 Å². The molecule has 2 nitrogen and oxygen atoms in total. The van der Waals surface area contributed by atoms with Crippen LogP contribution in [0.15, 0.2) is 18.2 Å². The molecule has 0 aliphatic carbocycles. The maximum Gasteiger partial charge on any atom is 0.416 e. The second-order valence-electron chi connectivity index (χ2n) is 5.17. The van der Waals surface area contributed by atoms with Gasteiger partial charge in [-0.15, -0.1) is 0 Å². The summed E-state index contributed by atoms with van der Waals surface area (Å²) in [6.07, 6.45) is -4.61. The van der Waals surface area contributed by atoms with Crippen LogP contribution in [0.1, 0.15) is 29.8 Å². The summed E-state index contributed by atoms with van der Waals surface area (Å²) in [5.74, 6) is -1.84. The third-order valence-electron chi connectivity index (χ3n) is 2.63. The maximum atomic E-state index is 13.5. The Morgan fingerprint density at radius 3 is 2.40 bits per heavy atom. The summed E-state index contributed by atoms with van der Waals surface area (Å²) in [5, 5.41) is 3.02. The van der Waals surface area contributed by atoms with E-state index < -0.39 is 29.0 Å². The highest BCUT2D eigenvalue weighted by Crippen LogP contribution is 2.30. The van der Waals surface area contributed by atoms with E-state index in [9.17, 15) is 22.4 Å². The molecule has 0 fully saturated rings. The largest absolute Gasteiger partial charge is 0.416 e. The topological polar surface area (TPSA) is 29.1 Å². The molecule has 0 unspecified atom stereocenters. The quantitative estimate of drug-likeness (QED) is 0.641. The smallest absolute Gasteiger partial charge is 0.351 e. The lowest BCUT2D eigenvalue weighted by Crippen LogP contribution is -2.35. The molecule has 0 atom stereocenters. The number of benzene rings is 1. The lowest BCUT2D eigenvalue weighted by atomic mass is 9.96. The van der Waals surface area contributed by atoms with Crippen LogP contribution in [-0.4, -0.2) is 17.8 Å². The zero-order chi connectivity index (χ0) is 15.6. The number of halogens is 5. The molecule has 0 radical (unpaired) electrons. The Kier molecular flexibility index (Phi) is 5.18. The fourth-order valence-electron chi connectivity index (χ4n) is 1.34. The molecule has 1 aromatic carbocycles. The molecule has 0 saturated carbocycles. The lowest BCUT2D eigenvalue weighted by molar-refractivity contribution is -0.137. The SMILES string of the molecule is CC(C)(CBr)CNC(=O)c1cc(C(F)(F)F)ccc1F. The number of alkyl halides is 4. The van der Waals surface area contributed by atoms with Crippen LogP contribution in [0.25, 0.3) is 0 Å². The Hall–Kier alpha value is -1.11. The first-order valence-electron chi connectivity index (χ1n) is 5.78. The van der Waals surface area contributed by atoms with E-state index in [0.29, 0.717) is 23.5 Å². The Bertz CT molecular complexity index is 500. The van der Waals surface area contributed by atoms with Gasteiger partial charge in [-0.25, -0.2) is 4.39 Å². The number of hydrogen-bond acceptors (Lipinski definition) is 1. The van der Waals surface area contributed by atoms with Crippen molar-refractivity contribution >= 4 is 21.8 Å². The van der Waals surface area contributed by atoms with E-state index in [4.69, 9.17) is 0 Å². The normalized spacial score (nSPS) is 12.3. The summed E-state index contributed by atoms with van der Waals surface area (Å²) in [6, 6.07) is 1.77. The molecular weight excluding hydrogens is 342 g/mol. The van der Waals surface area contributed by atoms with Crippen molar-refractivity contribution in [1.29, 1.82) is 0 Å². The van der Waals surface area contributed by atoms with E-state index in [2.05, 4.69) is 21.2 Å². The van der Waals surface area contributed by atoms with Gasteiger partial charge in [0.15, 0.2) is 0 Å². The van der Waals surface area contributed by atoms with Crippen LogP contribution in [0.2, 0.25) is 0 Å². The minimum atomic E-state index is -4.61. The van der Waals surface area contributed by atoms with Crippen molar-refractivity contribution in [2.24, 2.45) is 5.41 Å². The second-order valence-corrected chi connectivity index (χ2v) is 5.73. The van der Waals surface area contributed by atoms with Gasteiger partial charge >= 0.3 is 6.18 Å². The summed E-state index contributed by atoms with van der Waals surface area (Å²) in [5.41, 5.74) is -1.94. The summed E-state index contributed by atoms with van der Waals surface area (Å²) >= 11 is 3.26. The van der Waals surface area contributed by atoms with Crippen molar-refractivity contribution in [2.45, 2.75) is 20.0 Å². The molecule has 20 heavy (non-hydrogen) atoms. The summed E-state index contributed by atoms with van der Waals surface area (Å²) in [4.78, 5) is 11.8. The first-order chi connectivity index (χ1) is 9.07. The Morgan fingerprint density at radius 1 is 1.30 bits per heavy atom. The van der Waals surface area contributed by atoms with Crippen LogP contribution >= 0.6 is 15.9 Å². The first kappa shape index (κ1) is 16.9. The molecule has 0 spiro atoms. The number of hydrogen-bond donors (Lipinski definition) is 1. The van der Waals surface area contributed by atoms with Crippen LogP contribution in [0.5, 0.6) is 0 Å². The number of amides is 1. The van der Waals surface area contributed by atoms with Crippen LogP contribution in [-0.2, 0) is 6.18 Å². The fraction of sp³-hybridized carbons (Fsp3) is 0.462. The highest BCUT2D eigenvalue weighted by Gasteiger charge is 2.32. The molecule has 0 saturated heterocycles. The average molecular weight is 356 g/mol. The molecule has 0 aromatic heterocycles. The van der Waals surface area contributed by atoms with Crippen molar-refractivity contribution in [3.8, 4) is 0 Å². The van der Waals surface area contributed by atoms with Crippen molar-refractivity contribution in [1.82, 2.24) is 5.32 Å². The van der Waals surface area contributed by atoms with E-state index in [1.807, 2.05) is 13.8 Å². The molecular formula is C13H14BrF4NO. The Balaban J connectivity index is 2.93. The highest BCUT2D eigenvalue weighted by atomic mass is 79.9. The highest BCUT2D eigenvalue weighted by molar-refractivity contribution is 9.09. The van der Waals surface area contributed by atoms with Crippen LogP contribution in [0.3, 0.4) is 0 Å². The number of carbonyl (C=O) groups is 1. The zero-order valence-electron chi connectivity index (χ0n) is 10.9. The monoisotopic (exact) mass is 355 g/mol. The van der Waals surface area contributed by atoms with Gasteiger partial charge < -0.3 is 5.32 Å². The van der Waals surface area contributed by atoms with Gasteiger partial charge in [0.25, 0.3) is 5.91 Å². The van der Waals surface area contributed by atoms with Gasteiger partial charge in [0.1, 0.15) is 5.82 Å². The fourth-order valence-corrected chi connectivity index (χ4v) is 1.54. The van der Waals surface area contributed by atoms with Crippen LogP contribution in [0, 0.1) is 11.2 Å². The van der Waals surface area contributed by atoms with E-state index in [0.717, 1.165) is 0 Å². The van der Waals surface area contributed by atoms with E-state index >= 15 is 0 Å². The third-order valence-corrected chi connectivity index (χ3v) is 4.15. The zero-order valence-corrected chi connectivity index (χ0v) is 12.5. The van der Waals surface area contributed by atoms with Crippen LogP contribution < -0.4 is 5.32 Å². The molecule has 0 aliphatic heterocycles. The minimum absolute atomic E-state index is 0.215. The van der Waals surface area contributed by atoms with E-state index in [1.54, 1.807) is 0 Å². The predicted octanol–water partition coefficient (Wildman–Crippen LogP) is 4.00. The predicted molar refractivity (Wildman–Crippen MR) is 71.3 cm³/mol. The standard InChI is InChI=1S/C13H14BrF4NO/c1-12(2,6-14)7-19-11(20)9-5-8(13(16,17)18)3-4-10(9)15/h3-5H,6-7H2,1-2H3,(H,19,20). The molecule has 1 rings (SSSR count). The van der Waals surface area contributed by atoms with Crippen molar-refractivity contribution in [3.05, 3.63) is 35.1 Å². The van der Waals surface area contributed by atoms with Crippen LogP contribution in [0.4, 0.5) is 17.6 Å². The molecule has 0 heterocycles. The third kappa shape index (κ3) is 4.47. The van der Waals surface area contributed by atoms with Gasteiger partial charge in [-0.3, -0.25) is 4.79 Å². The summed E-state index contributed by atoms with van der Waals surface area (Å²) < 4.78 is 51.1. The van der Waals surface area contributed by atoms with Crippen molar-refractivity contribution in [3.63, 3.8) is 0 Å². The van der Waals surface area contributed by atoms with E-state index in [1.165, 1.54) is 0 Å². The molecule has 0 bridgehead atoms. The molecule has 0 aliphatic rings. The molecule has 1 aromatic rings. The Morgan fingerprint density at radius 2 is 1.90 bits per heavy atom. The van der Waals surface area contributed by atoms with Gasteiger partial charge in [0, 0.05) is 11.9 Å². The van der Waals surface area contributed by atoms with Gasteiger partial charge in [-0.1, -0.05) is 29.8 Å². The van der Waals surface area contributed by atoms with Gasteiger partial charge in [-0.2, -0.15) is 13.2 Å². The first-order valence-corrected chi connectivity index (χ1v) is 6.90. The second kappa shape index (κ2) is 6.11. The molecule has 1 amide bonds. The van der Waals surface area contributed by atoms with Crippen molar-refractivity contribution < 1.29 is 22.4 Å². The number of rotatable bonds is 4. The molecule has 7 heteroatoms.